The molecule has 3 N–H and O–H groups in total. The van der Waals surface area contributed by atoms with Gasteiger partial charge in [-0.1, -0.05) is 12.1 Å². The van der Waals surface area contributed by atoms with Gasteiger partial charge >= 0.3 is 5.69 Å². The average Bonchev–Trinajstić information content (AvgIpc) is 2.72. The molecule has 1 atom stereocenters. The molecule has 0 saturated carbocycles. The van der Waals surface area contributed by atoms with Gasteiger partial charge in [-0.05, 0) is 54.3 Å². The number of methoxy groups -OCH3 is 2. The normalized spacial score (nSPS) is 15.5. The summed E-state index contributed by atoms with van der Waals surface area (Å²) in [6.07, 6.45) is 0.725. The Morgan fingerprint density at radius 3 is 2.53 bits per heavy atom. The van der Waals surface area contributed by atoms with E-state index in [-0.39, 0.29) is 5.56 Å². The summed E-state index contributed by atoms with van der Waals surface area (Å²) in [5, 5.41) is 14.3. The van der Waals surface area contributed by atoms with Gasteiger partial charge in [0.1, 0.15) is 0 Å². The van der Waals surface area contributed by atoms with Crippen molar-refractivity contribution in [1.82, 2.24) is 14.9 Å². The van der Waals surface area contributed by atoms with Crippen LogP contribution in [-0.4, -0.2) is 35.4 Å². The highest BCUT2D eigenvalue weighted by Crippen LogP contribution is 2.38. The maximum atomic E-state index is 12.8. The quantitative estimate of drug-likeness (QED) is 0.607. The minimum absolute atomic E-state index is 0.0734. The number of aromatic hydroxyl groups is 1. The Hall–Kier alpha value is -3.52. The monoisotopic (exact) mass is 409 g/mol. The minimum Gasteiger partial charge on any atom is -0.494 e. The van der Waals surface area contributed by atoms with Crippen LogP contribution in [0.4, 0.5) is 0 Å². The first kappa shape index (κ1) is 19.8. The van der Waals surface area contributed by atoms with Gasteiger partial charge in [-0.3, -0.25) is 9.78 Å². The number of aromatic nitrogens is 2. The smallest absolute Gasteiger partial charge is 0.335 e. The summed E-state index contributed by atoms with van der Waals surface area (Å²) in [6, 6.07) is 10.2. The van der Waals surface area contributed by atoms with E-state index >= 15 is 0 Å². The summed E-state index contributed by atoms with van der Waals surface area (Å²) >= 11 is 0. The molecule has 4 rings (SSSR count). The van der Waals surface area contributed by atoms with E-state index in [0.29, 0.717) is 23.7 Å². The lowest BCUT2D eigenvalue weighted by atomic mass is 9.90. The van der Waals surface area contributed by atoms with Crippen LogP contribution < -0.4 is 26.0 Å². The molecular formula is C22H23N3O5. The molecule has 8 heteroatoms. The zero-order chi connectivity index (χ0) is 21.4. The molecule has 0 radical (unpaired) electrons. The lowest BCUT2D eigenvalue weighted by Crippen LogP contribution is -2.38. The topological polar surface area (TPSA) is 106 Å². The van der Waals surface area contributed by atoms with Crippen LogP contribution in [0.2, 0.25) is 0 Å². The predicted molar refractivity (Wildman–Crippen MR) is 112 cm³/mol. The molecule has 3 aromatic rings. The van der Waals surface area contributed by atoms with Crippen LogP contribution in [0.1, 0.15) is 28.3 Å². The maximum Gasteiger partial charge on any atom is 0.335 e. The highest BCUT2D eigenvalue weighted by Gasteiger charge is 2.30. The molecule has 0 aliphatic carbocycles. The van der Waals surface area contributed by atoms with Gasteiger partial charge in [-0.15, -0.1) is 0 Å². The van der Waals surface area contributed by atoms with Gasteiger partial charge in [0.15, 0.2) is 11.5 Å². The number of hydrogen-bond acceptors (Lipinski definition) is 6. The van der Waals surface area contributed by atoms with Gasteiger partial charge in [0.25, 0.3) is 5.56 Å². The number of hydrogen-bond donors (Lipinski definition) is 3. The maximum absolute atomic E-state index is 12.8. The Morgan fingerprint density at radius 2 is 1.83 bits per heavy atom. The van der Waals surface area contributed by atoms with E-state index in [1.807, 2.05) is 19.1 Å². The summed E-state index contributed by atoms with van der Waals surface area (Å²) in [7, 11) is 3.11. The van der Waals surface area contributed by atoms with Gasteiger partial charge in [0, 0.05) is 6.54 Å². The van der Waals surface area contributed by atoms with Crippen molar-refractivity contribution in [3.05, 3.63) is 79.5 Å². The number of nitrogens with one attached hydrogen (secondary N) is 2. The number of aromatic amines is 1. The molecule has 0 spiro atoms. The Bertz CT molecular complexity index is 1230. The van der Waals surface area contributed by atoms with E-state index in [2.05, 4.69) is 10.3 Å². The molecule has 2 heterocycles. The van der Waals surface area contributed by atoms with Crippen LogP contribution in [0.3, 0.4) is 0 Å². The van der Waals surface area contributed by atoms with Crippen LogP contribution in [0.25, 0.3) is 5.69 Å². The predicted octanol–water partition coefficient (Wildman–Crippen LogP) is 1.79. The van der Waals surface area contributed by atoms with Crippen LogP contribution >= 0.6 is 0 Å². The highest BCUT2D eigenvalue weighted by atomic mass is 16.5. The molecule has 1 aliphatic heterocycles. The van der Waals surface area contributed by atoms with Gasteiger partial charge < -0.3 is 19.9 Å². The van der Waals surface area contributed by atoms with Crippen LogP contribution in [0.15, 0.2) is 46.0 Å². The van der Waals surface area contributed by atoms with Gasteiger partial charge in [0.05, 0.1) is 31.5 Å². The van der Waals surface area contributed by atoms with E-state index in [9.17, 15) is 14.7 Å². The second-order valence-electron chi connectivity index (χ2n) is 7.21. The fourth-order valence-electron chi connectivity index (χ4n) is 3.95. The Morgan fingerprint density at radius 1 is 1.10 bits per heavy atom. The van der Waals surface area contributed by atoms with Gasteiger partial charge in [0.2, 0.25) is 5.88 Å². The molecular weight excluding hydrogens is 386 g/mol. The summed E-state index contributed by atoms with van der Waals surface area (Å²) in [4.78, 5) is 27.6. The lowest BCUT2D eigenvalue weighted by molar-refractivity contribution is 0.352. The summed E-state index contributed by atoms with van der Waals surface area (Å²) < 4.78 is 11.9. The van der Waals surface area contributed by atoms with Crippen LogP contribution in [0.5, 0.6) is 17.4 Å². The first-order chi connectivity index (χ1) is 14.4. The molecule has 8 nitrogen and oxygen atoms in total. The fourth-order valence-corrected chi connectivity index (χ4v) is 3.95. The zero-order valence-corrected chi connectivity index (χ0v) is 17.0. The average molecular weight is 409 g/mol. The SMILES string of the molecule is COc1cc2c(cc1OC)[C@H](c1c(O)n(-c3cccc(C)c3)c(=O)[nH]c1=O)NCC2. The van der Waals surface area contributed by atoms with E-state index in [0.717, 1.165) is 27.7 Å². The van der Waals surface area contributed by atoms with Crippen molar-refractivity contribution in [2.24, 2.45) is 0 Å². The molecule has 1 aliphatic rings. The van der Waals surface area contributed by atoms with Crippen molar-refractivity contribution < 1.29 is 14.6 Å². The van der Waals surface area contributed by atoms with E-state index in [4.69, 9.17) is 9.47 Å². The molecule has 0 fully saturated rings. The third kappa shape index (κ3) is 3.25. The number of rotatable bonds is 4. The molecule has 0 unspecified atom stereocenters. The van der Waals surface area contributed by atoms with Crippen molar-refractivity contribution in [3.8, 4) is 23.1 Å². The zero-order valence-electron chi connectivity index (χ0n) is 17.0. The van der Waals surface area contributed by atoms with Crippen molar-refractivity contribution in [1.29, 1.82) is 0 Å². The van der Waals surface area contributed by atoms with E-state index in [1.54, 1.807) is 31.4 Å². The first-order valence-corrected chi connectivity index (χ1v) is 9.58. The number of benzene rings is 2. The fraction of sp³-hybridized carbons (Fsp3) is 0.273. The van der Waals surface area contributed by atoms with Crippen LogP contribution in [0, 0.1) is 6.92 Å². The minimum atomic E-state index is -0.699. The molecule has 0 amide bonds. The lowest BCUT2D eigenvalue weighted by Gasteiger charge is -2.28. The van der Waals surface area contributed by atoms with E-state index < -0.39 is 23.2 Å². The molecule has 2 aromatic carbocycles. The third-order valence-electron chi connectivity index (χ3n) is 5.37. The highest BCUT2D eigenvalue weighted by molar-refractivity contribution is 5.53. The Labute approximate surface area is 172 Å². The van der Waals surface area contributed by atoms with Crippen molar-refractivity contribution >= 4 is 0 Å². The standard InChI is InChI=1S/C22H23N3O5/c1-12-5-4-6-14(9-12)25-21(27)18(20(26)24-22(25)28)19-15-11-17(30-3)16(29-2)10-13(15)7-8-23-19/h4-6,9-11,19,23,27H,7-8H2,1-3H3,(H,24,26,28)/t19-/m1/s1. The third-order valence-corrected chi connectivity index (χ3v) is 5.37. The van der Waals surface area contributed by atoms with Crippen LogP contribution in [-0.2, 0) is 6.42 Å². The molecule has 0 bridgehead atoms. The largest absolute Gasteiger partial charge is 0.494 e. The Balaban J connectivity index is 1.94. The summed E-state index contributed by atoms with van der Waals surface area (Å²) in [5.41, 5.74) is 1.89. The summed E-state index contributed by atoms with van der Waals surface area (Å²) in [5.74, 6) is 0.724. The number of H-pyrrole nitrogens is 1. The van der Waals surface area contributed by atoms with Crippen molar-refractivity contribution in [2.75, 3.05) is 20.8 Å². The second kappa shape index (κ2) is 7.72. The molecule has 0 saturated heterocycles. The molecule has 1 aromatic heterocycles. The summed E-state index contributed by atoms with van der Waals surface area (Å²) in [6.45, 7) is 2.48. The van der Waals surface area contributed by atoms with Crippen molar-refractivity contribution in [2.45, 2.75) is 19.4 Å². The van der Waals surface area contributed by atoms with Gasteiger partial charge in [-0.25, -0.2) is 9.36 Å². The molecule has 30 heavy (non-hydrogen) atoms. The van der Waals surface area contributed by atoms with Crippen molar-refractivity contribution in [3.63, 3.8) is 0 Å². The number of fused-ring (bicyclic) bond motifs is 1. The Kier molecular flexibility index (Phi) is 5.09. The number of nitrogens with zero attached hydrogens (tertiary/aromatic N) is 1. The van der Waals surface area contributed by atoms with E-state index in [1.165, 1.54) is 7.11 Å². The van der Waals surface area contributed by atoms with Gasteiger partial charge in [-0.2, -0.15) is 0 Å². The number of aryl methyl sites for hydroxylation is 1. The second-order valence-corrected chi connectivity index (χ2v) is 7.21. The number of ether oxygens (including phenoxy) is 2. The first-order valence-electron chi connectivity index (χ1n) is 9.58. The molecule has 156 valence electrons.